The van der Waals surface area contributed by atoms with Crippen molar-refractivity contribution in [1.82, 2.24) is 10.2 Å². The first-order valence-corrected chi connectivity index (χ1v) is 11.4. The molecule has 1 aromatic heterocycles. The average Bonchev–Trinajstić information content (AvgIpc) is 3.30. The molecule has 0 aliphatic carbocycles. The Labute approximate surface area is 176 Å². The van der Waals surface area contributed by atoms with Crippen LogP contribution in [0.5, 0.6) is 0 Å². The summed E-state index contributed by atoms with van der Waals surface area (Å²) in [5.74, 6) is 0. The molecule has 0 bridgehead atoms. The second kappa shape index (κ2) is 10.1. The summed E-state index contributed by atoms with van der Waals surface area (Å²) in [6, 6.07) is 12.4. The SMILES string of the molecule is O=C(NC[C@H](c1cccs1)N1CCOCC1)Nc1ccccc1N1CCCCC1. The lowest BCUT2D eigenvalue weighted by Crippen LogP contribution is -2.44. The summed E-state index contributed by atoms with van der Waals surface area (Å²) in [5.41, 5.74) is 2.00. The highest BCUT2D eigenvalue weighted by atomic mass is 32.1. The number of benzene rings is 1. The van der Waals surface area contributed by atoms with Gasteiger partial charge in [-0.15, -0.1) is 11.3 Å². The highest BCUT2D eigenvalue weighted by molar-refractivity contribution is 7.10. The van der Waals surface area contributed by atoms with Gasteiger partial charge < -0.3 is 20.3 Å². The van der Waals surface area contributed by atoms with Gasteiger partial charge in [-0.05, 0) is 42.8 Å². The number of morpholine rings is 1. The van der Waals surface area contributed by atoms with E-state index in [2.05, 4.69) is 44.0 Å². The Morgan fingerprint density at radius 3 is 2.59 bits per heavy atom. The summed E-state index contributed by atoms with van der Waals surface area (Å²) in [7, 11) is 0. The number of thiophene rings is 1. The van der Waals surface area contributed by atoms with E-state index in [1.54, 1.807) is 11.3 Å². The van der Waals surface area contributed by atoms with Gasteiger partial charge in [-0.1, -0.05) is 18.2 Å². The van der Waals surface area contributed by atoms with E-state index >= 15 is 0 Å². The summed E-state index contributed by atoms with van der Waals surface area (Å²) in [4.78, 5) is 18.8. The molecule has 1 aromatic carbocycles. The lowest BCUT2D eigenvalue weighted by Gasteiger charge is -2.34. The third kappa shape index (κ3) is 5.29. The van der Waals surface area contributed by atoms with Crippen LogP contribution in [0.25, 0.3) is 0 Å². The summed E-state index contributed by atoms with van der Waals surface area (Å²) >= 11 is 1.74. The minimum Gasteiger partial charge on any atom is -0.379 e. The molecule has 4 rings (SSSR count). The van der Waals surface area contributed by atoms with E-state index in [0.717, 1.165) is 50.8 Å². The van der Waals surface area contributed by atoms with Crippen LogP contribution >= 0.6 is 11.3 Å². The number of hydrogen-bond donors (Lipinski definition) is 2. The summed E-state index contributed by atoms with van der Waals surface area (Å²) in [6.07, 6.45) is 3.71. The number of ether oxygens (including phenoxy) is 1. The van der Waals surface area contributed by atoms with Gasteiger partial charge >= 0.3 is 6.03 Å². The largest absolute Gasteiger partial charge is 0.379 e. The lowest BCUT2D eigenvalue weighted by molar-refractivity contribution is 0.0175. The molecule has 6 nitrogen and oxygen atoms in total. The molecule has 1 atom stereocenters. The Kier molecular flexibility index (Phi) is 7.03. The first-order valence-electron chi connectivity index (χ1n) is 10.6. The maximum atomic E-state index is 12.7. The zero-order chi connectivity index (χ0) is 19.9. The summed E-state index contributed by atoms with van der Waals surface area (Å²) in [5, 5.41) is 8.28. The van der Waals surface area contributed by atoms with E-state index in [0.29, 0.717) is 6.54 Å². The van der Waals surface area contributed by atoms with Crippen molar-refractivity contribution in [2.24, 2.45) is 0 Å². The van der Waals surface area contributed by atoms with Crippen LogP contribution in [0.2, 0.25) is 0 Å². The Morgan fingerprint density at radius 1 is 1.03 bits per heavy atom. The average molecular weight is 415 g/mol. The van der Waals surface area contributed by atoms with Crippen molar-refractivity contribution in [1.29, 1.82) is 0 Å². The molecule has 2 saturated heterocycles. The van der Waals surface area contributed by atoms with Crippen LogP contribution in [-0.4, -0.2) is 56.9 Å². The normalized spacial score (nSPS) is 19.0. The second-order valence-corrected chi connectivity index (χ2v) is 8.56. The third-order valence-electron chi connectivity index (χ3n) is 5.66. The number of para-hydroxylation sites is 2. The van der Waals surface area contributed by atoms with Gasteiger partial charge in [-0.3, -0.25) is 4.90 Å². The smallest absolute Gasteiger partial charge is 0.319 e. The van der Waals surface area contributed by atoms with Crippen LogP contribution in [0.15, 0.2) is 41.8 Å². The zero-order valence-corrected chi connectivity index (χ0v) is 17.6. The Bertz CT molecular complexity index is 771. The minimum atomic E-state index is -0.149. The molecule has 2 amide bonds. The molecule has 2 aromatic rings. The summed E-state index contributed by atoms with van der Waals surface area (Å²) in [6.45, 7) is 5.97. The van der Waals surface area contributed by atoms with Crippen molar-refractivity contribution in [3.8, 4) is 0 Å². The molecule has 2 fully saturated rings. The molecular formula is C22H30N4O2S. The van der Waals surface area contributed by atoms with Gasteiger partial charge in [0.25, 0.3) is 0 Å². The summed E-state index contributed by atoms with van der Waals surface area (Å²) < 4.78 is 5.50. The van der Waals surface area contributed by atoms with Gasteiger partial charge in [0.2, 0.25) is 0 Å². The molecule has 2 N–H and O–H groups in total. The van der Waals surface area contributed by atoms with E-state index in [-0.39, 0.29) is 12.1 Å². The second-order valence-electron chi connectivity index (χ2n) is 7.58. The molecule has 0 unspecified atom stereocenters. The van der Waals surface area contributed by atoms with E-state index in [1.165, 1.54) is 24.1 Å². The molecule has 7 heteroatoms. The molecule has 29 heavy (non-hydrogen) atoms. The highest BCUT2D eigenvalue weighted by Gasteiger charge is 2.24. The molecular weight excluding hydrogens is 384 g/mol. The van der Waals surface area contributed by atoms with Gasteiger partial charge in [-0.25, -0.2) is 4.79 Å². The van der Waals surface area contributed by atoms with Crippen LogP contribution in [0.1, 0.15) is 30.2 Å². The van der Waals surface area contributed by atoms with Crippen molar-refractivity contribution in [3.63, 3.8) is 0 Å². The van der Waals surface area contributed by atoms with E-state index < -0.39 is 0 Å². The Balaban J connectivity index is 1.39. The number of rotatable bonds is 6. The quantitative estimate of drug-likeness (QED) is 0.752. The number of nitrogens with one attached hydrogen (secondary N) is 2. The van der Waals surface area contributed by atoms with Gasteiger partial charge in [0.15, 0.2) is 0 Å². The monoisotopic (exact) mass is 414 g/mol. The number of anilines is 2. The van der Waals surface area contributed by atoms with Crippen LogP contribution < -0.4 is 15.5 Å². The molecule has 156 valence electrons. The number of carbonyl (C=O) groups excluding carboxylic acids is 1. The molecule has 3 heterocycles. The fourth-order valence-corrected chi connectivity index (χ4v) is 4.99. The number of urea groups is 1. The van der Waals surface area contributed by atoms with E-state index in [1.807, 2.05) is 18.2 Å². The fraction of sp³-hybridized carbons (Fsp3) is 0.500. The van der Waals surface area contributed by atoms with Crippen molar-refractivity contribution < 1.29 is 9.53 Å². The maximum Gasteiger partial charge on any atom is 0.319 e. The van der Waals surface area contributed by atoms with Crippen LogP contribution in [0, 0.1) is 0 Å². The first kappa shape index (κ1) is 20.2. The number of carbonyl (C=O) groups is 1. The molecule has 0 saturated carbocycles. The molecule has 0 radical (unpaired) electrons. The standard InChI is InChI=1S/C22H30N4O2S/c27-22(24-18-7-2-3-8-19(18)25-10-4-1-5-11-25)23-17-20(21-9-6-16-29-21)26-12-14-28-15-13-26/h2-3,6-9,16,20H,1,4-5,10-15,17H2,(H2,23,24,27)/t20-/m1/s1. The van der Waals surface area contributed by atoms with E-state index in [4.69, 9.17) is 4.74 Å². The van der Waals surface area contributed by atoms with Crippen LogP contribution in [-0.2, 0) is 4.74 Å². The maximum absolute atomic E-state index is 12.7. The predicted molar refractivity (Wildman–Crippen MR) is 119 cm³/mol. The van der Waals surface area contributed by atoms with Gasteiger partial charge in [0.1, 0.15) is 0 Å². The Hall–Kier alpha value is -2.09. The Morgan fingerprint density at radius 2 is 1.83 bits per heavy atom. The highest BCUT2D eigenvalue weighted by Crippen LogP contribution is 2.29. The third-order valence-corrected chi connectivity index (χ3v) is 6.64. The van der Waals surface area contributed by atoms with Crippen LogP contribution in [0.3, 0.4) is 0 Å². The molecule has 0 spiro atoms. The number of amides is 2. The van der Waals surface area contributed by atoms with Crippen molar-refractivity contribution in [2.75, 3.05) is 56.2 Å². The number of hydrogen-bond acceptors (Lipinski definition) is 5. The number of nitrogens with zero attached hydrogens (tertiary/aromatic N) is 2. The topological polar surface area (TPSA) is 56.8 Å². The first-order chi connectivity index (χ1) is 14.3. The van der Waals surface area contributed by atoms with Crippen LogP contribution in [0.4, 0.5) is 16.2 Å². The fourth-order valence-electron chi connectivity index (χ4n) is 4.13. The van der Waals surface area contributed by atoms with Gasteiger partial charge in [0.05, 0.1) is 30.6 Å². The van der Waals surface area contributed by atoms with Gasteiger partial charge in [0, 0.05) is 37.6 Å². The van der Waals surface area contributed by atoms with Gasteiger partial charge in [-0.2, -0.15) is 0 Å². The predicted octanol–water partition coefficient (Wildman–Crippen LogP) is 3.93. The molecule has 2 aliphatic rings. The minimum absolute atomic E-state index is 0.149. The zero-order valence-electron chi connectivity index (χ0n) is 16.8. The van der Waals surface area contributed by atoms with Crippen molar-refractivity contribution >= 4 is 28.7 Å². The van der Waals surface area contributed by atoms with Crippen molar-refractivity contribution in [2.45, 2.75) is 25.3 Å². The van der Waals surface area contributed by atoms with E-state index in [9.17, 15) is 4.79 Å². The van der Waals surface area contributed by atoms with Crippen molar-refractivity contribution in [3.05, 3.63) is 46.7 Å². The lowest BCUT2D eigenvalue weighted by atomic mass is 10.1. The number of piperidine rings is 1. The molecule has 2 aliphatic heterocycles.